The predicted octanol–water partition coefficient (Wildman–Crippen LogP) is 17.0. The molecule has 0 unspecified atom stereocenters. The van der Waals surface area contributed by atoms with Crippen molar-refractivity contribution < 1.29 is 4.42 Å². The summed E-state index contributed by atoms with van der Waals surface area (Å²) in [7, 11) is 0. The van der Waals surface area contributed by atoms with Gasteiger partial charge >= 0.3 is 0 Å². The second-order valence-corrected chi connectivity index (χ2v) is 17.1. The molecule has 13 aromatic rings. The predicted molar refractivity (Wildman–Crippen MR) is 264 cm³/mol. The fourth-order valence-electron chi connectivity index (χ4n) is 9.76. The first kappa shape index (κ1) is 34.9. The standard InChI is InChI=1S/C58H36N2OS/c1-2-13-43-38(12-1)26-34-49-57-48(18-11-22-54(57)61-58(43)49)46-16-5-7-19-51(46)59(40-28-24-37(25-29-40)39-27-35-56-50(36-39)47-17-6-10-23-55(47)62-56)41-30-32-42(33-31-41)60-52-20-8-3-14-44(52)45-15-4-9-21-53(45)60/h1-36H. The maximum Gasteiger partial charge on any atom is 0.143 e. The lowest BCUT2D eigenvalue weighted by Crippen LogP contribution is -2.11. The summed E-state index contributed by atoms with van der Waals surface area (Å²) in [6, 6.07) is 79.2. The minimum Gasteiger partial charge on any atom is -0.455 e. The zero-order valence-electron chi connectivity index (χ0n) is 33.5. The van der Waals surface area contributed by atoms with Crippen molar-refractivity contribution in [2.45, 2.75) is 0 Å². The minimum absolute atomic E-state index is 0.880. The summed E-state index contributed by atoms with van der Waals surface area (Å²) in [5, 5.41) is 9.65. The van der Waals surface area contributed by atoms with Gasteiger partial charge < -0.3 is 13.9 Å². The summed E-state index contributed by atoms with van der Waals surface area (Å²) in [6.07, 6.45) is 0. The van der Waals surface area contributed by atoms with E-state index in [1.54, 1.807) is 0 Å². The summed E-state index contributed by atoms with van der Waals surface area (Å²) in [4.78, 5) is 2.40. The van der Waals surface area contributed by atoms with Crippen LogP contribution in [0.3, 0.4) is 0 Å². The van der Waals surface area contributed by atoms with Crippen LogP contribution in [0.2, 0.25) is 0 Å². The molecule has 0 N–H and O–H groups in total. The number of anilines is 3. The number of benzene rings is 10. The van der Waals surface area contributed by atoms with Crippen LogP contribution in [0.1, 0.15) is 0 Å². The van der Waals surface area contributed by atoms with Gasteiger partial charge in [0.25, 0.3) is 0 Å². The zero-order chi connectivity index (χ0) is 40.7. The van der Waals surface area contributed by atoms with E-state index < -0.39 is 0 Å². The molecule has 0 saturated heterocycles. The second-order valence-electron chi connectivity index (χ2n) is 16.0. The SMILES string of the molecule is c1ccc(N(c2ccc(-c3ccc4sc5ccccc5c4c3)cc2)c2ccc(-n3c4ccccc4c4ccccc43)cc2)c(-c2cccc3oc4c5ccccc5ccc4c23)c1. The van der Waals surface area contributed by atoms with E-state index in [0.29, 0.717) is 0 Å². The van der Waals surface area contributed by atoms with Crippen LogP contribution in [0.5, 0.6) is 0 Å². The molecule has 0 amide bonds. The van der Waals surface area contributed by atoms with Gasteiger partial charge in [0, 0.05) is 69.7 Å². The Hall–Kier alpha value is -7.92. The Morgan fingerprint density at radius 1 is 0.403 bits per heavy atom. The molecular formula is C58H36N2OS. The van der Waals surface area contributed by atoms with Crippen molar-refractivity contribution in [3.05, 3.63) is 218 Å². The van der Waals surface area contributed by atoms with Gasteiger partial charge in [0.2, 0.25) is 0 Å². The molecular weight excluding hydrogens is 773 g/mol. The Labute approximate surface area is 361 Å². The molecule has 13 rings (SSSR count). The number of thiophene rings is 1. The normalized spacial score (nSPS) is 11.9. The first-order valence-electron chi connectivity index (χ1n) is 21.1. The molecule has 0 atom stereocenters. The lowest BCUT2D eigenvalue weighted by Gasteiger charge is -2.28. The van der Waals surface area contributed by atoms with Crippen LogP contribution in [-0.2, 0) is 0 Å². The molecule has 4 heteroatoms. The van der Waals surface area contributed by atoms with Gasteiger partial charge in [-0.1, -0.05) is 133 Å². The summed E-state index contributed by atoms with van der Waals surface area (Å²) < 4.78 is 11.7. The summed E-state index contributed by atoms with van der Waals surface area (Å²) in [5.41, 5.74) is 13.2. The number of furan rings is 1. The van der Waals surface area contributed by atoms with Gasteiger partial charge in [-0.2, -0.15) is 0 Å². The quantitative estimate of drug-likeness (QED) is 0.167. The third-order valence-electron chi connectivity index (χ3n) is 12.6. The maximum atomic E-state index is 6.69. The fourth-order valence-corrected chi connectivity index (χ4v) is 10.8. The molecule has 0 aliphatic heterocycles. The Bertz CT molecular complexity index is 3820. The molecule has 3 aromatic heterocycles. The highest BCUT2D eigenvalue weighted by Gasteiger charge is 2.22. The van der Waals surface area contributed by atoms with Gasteiger partial charge in [0.1, 0.15) is 11.2 Å². The summed E-state index contributed by atoms with van der Waals surface area (Å²) >= 11 is 1.86. The Kier molecular flexibility index (Phi) is 7.78. The molecule has 0 aliphatic rings. The molecule has 0 radical (unpaired) electrons. The smallest absolute Gasteiger partial charge is 0.143 e. The van der Waals surface area contributed by atoms with Gasteiger partial charge in [-0.05, 0) is 107 Å². The largest absolute Gasteiger partial charge is 0.455 e. The molecule has 0 saturated carbocycles. The van der Waals surface area contributed by atoms with Gasteiger partial charge in [0.15, 0.2) is 0 Å². The first-order chi connectivity index (χ1) is 30.7. The van der Waals surface area contributed by atoms with E-state index in [9.17, 15) is 0 Å². The maximum absolute atomic E-state index is 6.69. The zero-order valence-corrected chi connectivity index (χ0v) is 34.3. The number of nitrogens with zero attached hydrogens (tertiary/aromatic N) is 2. The molecule has 62 heavy (non-hydrogen) atoms. The van der Waals surface area contributed by atoms with E-state index in [4.69, 9.17) is 4.42 Å². The van der Waals surface area contributed by atoms with Gasteiger partial charge in [-0.3, -0.25) is 0 Å². The number of rotatable bonds is 6. The Morgan fingerprint density at radius 2 is 1.02 bits per heavy atom. The third-order valence-corrected chi connectivity index (χ3v) is 13.8. The molecule has 10 aromatic carbocycles. The van der Waals surface area contributed by atoms with E-state index in [2.05, 4.69) is 228 Å². The molecule has 0 spiro atoms. The van der Waals surface area contributed by atoms with E-state index in [-0.39, 0.29) is 0 Å². The Balaban J connectivity index is 0.986. The van der Waals surface area contributed by atoms with Crippen LogP contribution in [0.15, 0.2) is 223 Å². The van der Waals surface area contributed by atoms with E-state index >= 15 is 0 Å². The molecule has 0 bridgehead atoms. The fraction of sp³-hybridized carbons (Fsp3) is 0. The van der Waals surface area contributed by atoms with Crippen molar-refractivity contribution in [2.24, 2.45) is 0 Å². The average Bonchev–Trinajstić information content (AvgIpc) is 4.02. The molecule has 0 aliphatic carbocycles. The third kappa shape index (κ3) is 5.37. The van der Waals surface area contributed by atoms with Crippen LogP contribution >= 0.6 is 11.3 Å². The highest BCUT2D eigenvalue weighted by molar-refractivity contribution is 7.25. The highest BCUT2D eigenvalue weighted by Crippen LogP contribution is 2.46. The van der Waals surface area contributed by atoms with E-state index in [0.717, 1.165) is 61.2 Å². The Morgan fingerprint density at radius 3 is 1.81 bits per heavy atom. The molecule has 3 heterocycles. The van der Waals surface area contributed by atoms with Crippen molar-refractivity contribution >= 4 is 103 Å². The van der Waals surface area contributed by atoms with Crippen LogP contribution < -0.4 is 4.90 Å². The van der Waals surface area contributed by atoms with Crippen molar-refractivity contribution in [3.8, 4) is 27.9 Å². The number of hydrogen-bond donors (Lipinski definition) is 0. The van der Waals surface area contributed by atoms with Crippen molar-refractivity contribution in [2.75, 3.05) is 4.90 Å². The number of aromatic nitrogens is 1. The topological polar surface area (TPSA) is 21.3 Å². The average molecular weight is 809 g/mol. The number of fused-ring (bicyclic) bond motifs is 11. The van der Waals surface area contributed by atoms with Crippen LogP contribution in [0, 0.1) is 0 Å². The molecule has 290 valence electrons. The molecule has 3 nitrogen and oxygen atoms in total. The van der Waals surface area contributed by atoms with Gasteiger partial charge in [0.05, 0.1) is 16.7 Å². The second kappa shape index (κ2) is 13.8. The van der Waals surface area contributed by atoms with Gasteiger partial charge in [-0.25, -0.2) is 0 Å². The van der Waals surface area contributed by atoms with Crippen molar-refractivity contribution in [3.63, 3.8) is 0 Å². The lowest BCUT2D eigenvalue weighted by atomic mass is 9.96. The molecule has 0 fully saturated rings. The number of para-hydroxylation sites is 3. The van der Waals surface area contributed by atoms with E-state index in [1.165, 1.54) is 58.5 Å². The van der Waals surface area contributed by atoms with Crippen LogP contribution in [-0.4, -0.2) is 4.57 Å². The summed E-state index contributed by atoms with van der Waals surface area (Å²) in [5.74, 6) is 0. The van der Waals surface area contributed by atoms with Crippen molar-refractivity contribution in [1.29, 1.82) is 0 Å². The van der Waals surface area contributed by atoms with Crippen LogP contribution in [0.4, 0.5) is 17.1 Å². The monoisotopic (exact) mass is 808 g/mol. The lowest BCUT2D eigenvalue weighted by molar-refractivity contribution is 0.673. The van der Waals surface area contributed by atoms with E-state index in [1.807, 2.05) is 11.3 Å². The number of hydrogen-bond acceptors (Lipinski definition) is 3. The van der Waals surface area contributed by atoms with Crippen LogP contribution in [0.25, 0.3) is 103 Å². The summed E-state index contributed by atoms with van der Waals surface area (Å²) in [6.45, 7) is 0. The highest BCUT2D eigenvalue weighted by atomic mass is 32.1. The first-order valence-corrected chi connectivity index (χ1v) is 21.9. The van der Waals surface area contributed by atoms with Gasteiger partial charge in [-0.15, -0.1) is 11.3 Å². The minimum atomic E-state index is 0.880. The van der Waals surface area contributed by atoms with Crippen molar-refractivity contribution in [1.82, 2.24) is 4.57 Å².